The topological polar surface area (TPSA) is 86.8 Å². The smallest absolute Gasteiger partial charge is 0.264 e. The van der Waals surface area contributed by atoms with Crippen molar-refractivity contribution < 1.29 is 18.0 Å². The molecule has 0 heterocycles. The first kappa shape index (κ1) is 30.5. The SMILES string of the molecule is CC[C@H](C)NC(=O)[C@@H](C)N(Cc1ccc(Cl)c(Cl)c1)C(=O)CN(c1cccc(C)c1)S(=O)(=O)c1ccccc1. The Kier molecular flexibility index (Phi) is 10.4. The van der Waals surface area contributed by atoms with Crippen LogP contribution in [0.1, 0.15) is 38.3 Å². The van der Waals surface area contributed by atoms with Crippen LogP contribution in [0.25, 0.3) is 0 Å². The Morgan fingerprint density at radius 1 is 0.923 bits per heavy atom. The normalized spacial score (nSPS) is 12.9. The van der Waals surface area contributed by atoms with Crippen LogP contribution in [0.15, 0.2) is 77.7 Å². The van der Waals surface area contributed by atoms with Crippen LogP contribution in [-0.4, -0.2) is 43.8 Å². The number of rotatable bonds is 11. The molecule has 2 atom stereocenters. The van der Waals surface area contributed by atoms with Gasteiger partial charge in [-0.2, -0.15) is 0 Å². The molecule has 2 amide bonds. The molecule has 0 aliphatic carbocycles. The number of carbonyl (C=O) groups is 2. The molecule has 0 saturated carbocycles. The van der Waals surface area contributed by atoms with Gasteiger partial charge >= 0.3 is 0 Å². The van der Waals surface area contributed by atoms with Crippen LogP contribution in [-0.2, 0) is 26.2 Å². The Balaban J connectivity index is 2.03. The second kappa shape index (κ2) is 13.3. The summed E-state index contributed by atoms with van der Waals surface area (Å²) < 4.78 is 28.6. The highest BCUT2D eigenvalue weighted by Crippen LogP contribution is 2.27. The van der Waals surface area contributed by atoms with Crippen molar-refractivity contribution in [3.8, 4) is 0 Å². The van der Waals surface area contributed by atoms with Gasteiger partial charge in [0.1, 0.15) is 12.6 Å². The van der Waals surface area contributed by atoms with E-state index in [9.17, 15) is 18.0 Å². The molecule has 3 rings (SSSR count). The largest absolute Gasteiger partial charge is 0.352 e. The molecule has 0 aliphatic rings. The predicted molar refractivity (Wildman–Crippen MR) is 157 cm³/mol. The highest BCUT2D eigenvalue weighted by Gasteiger charge is 2.32. The number of carbonyl (C=O) groups excluding carboxylic acids is 2. The van der Waals surface area contributed by atoms with E-state index in [4.69, 9.17) is 23.2 Å². The molecule has 0 radical (unpaired) electrons. The van der Waals surface area contributed by atoms with E-state index in [1.807, 2.05) is 26.8 Å². The number of anilines is 1. The fraction of sp³-hybridized carbons (Fsp3) is 0.310. The molecule has 3 aromatic rings. The van der Waals surface area contributed by atoms with E-state index < -0.39 is 28.5 Å². The van der Waals surface area contributed by atoms with Gasteiger partial charge in [-0.15, -0.1) is 0 Å². The molecule has 0 spiro atoms. The Morgan fingerprint density at radius 2 is 1.62 bits per heavy atom. The molecule has 208 valence electrons. The molecule has 7 nitrogen and oxygen atoms in total. The van der Waals surface area contributed by atoms with E-state index in [0.717, 1.165) is 16.3 Å². The van der Waals surface area contributed by atoms with Gasteiger partial charge in [0.25, 0.3) is 10.0 Å². The van der Waals surface area contributed by atoms with E-state index in [2.05, 4.69) is 5.32 Å². The molecule has 39 heavy (non-hydrogen) atoms. The number of benzene rings is 3. The van der Waals surface area contributed by atoms with E-state index in [-0.39, 0.29) is 23.4 Å². The summed E-state index contributed by atoms with van der Waals surface area (Å²) in [4.78, 5) is 28.4. The van der Waals surface area contributed by atoms with Gasteiger partial charge in [-0.25, -0.2) is 8.42 Å². The molecule has 0 unspecified atom stereocenters. The average Bonchev–Trinajstić information content (AvgIpc) is 2.92. The van der Waals surface area contributed by atoms with Gasteiger partial charge in [-0.3, -0.25) is 13.9 Å². The standard InChI is InChI=1S/C29H33Cl2N3O4S/c1-5-21(3)32-29(36)22(4)33(18-23-14-15-26(30)27(31)17-23)28(35)19-34(24-11-9-10-20(2)16-24)39(37,38)25-12-7-6-8-13-25/h6-17,21-22H,5,18-19H2,1-4H3,(H,32,36)/t21-,22+/m0/s1. The maximum Gasteiger partial charge on any atom is 0.264 e. The lowest BCUT2D eigenvalue weighted by Gasteiger charge is -2.32. The first-order chi connectivity index (χ1) is 18.4. The summed E-state index contributed by atoms with van der Waals surface area (Å²) in [6.45, 7) is 6.80. The Hall–Kier alpha value is -3.07. The highest BCUT2D eigenvalue weighted by molar-refractivity contribution is 7.92. The van der Waals surface area contributed by atoms with Crippen LogP contribution >= 0.6 is 23.2 Å². The zero-order chi connectivity index (χ0) is 28.7. The average molecular weight is 591 g/mol. The van der Waals surface area contributed by atoms with Crippen molar-refractivity contribution >= 4 is 50.7 Å². The van der Waals surface area contributed by atoms with Gasteiger partial charge in [-0.1, -0.05) is 66.5 Å². The minimum Gasteiger partial charge on any atom is -0.352 e. The first-order valence-corrected chi connectivity index (χ1v) is 14.8. The van der Waals surface area contributed by atoms with Gasteiger partial charge in [-0.05, 0) is 74.7 Å². The summed E-state index contributed by atoms with van der Waals surface area (Å²) in [6, 6.07) is 18.8. The van der Waals surface area contributed by atoms with Crippen LogP contribution in [0.5, 0.6) is 0 Å². The fourth-order valence-electron chi connectivity index (χ4n) is 3.91. The number of aryl methyl sites for hydroxylation is 1. The zero-order valence-electron chi connectivity index (χ0n) is 22.4. The molecule has 0 saturated heterocycles. The van der Waals surface area contributed by atoms with Gasteiger partial charge in [0.15, 0.2) is 0 Å². The number of nitrogens with zero attached hydrogens (tertiary/aromatic N) is 2. The lowest BCUT2D eigenvalue weighted by Crippen LogP contribution is -2.52. The summed E-state index contributed by atoms with van der Waals surface area (Å²) in [5.41, 5.74) is 1.83. The molecule has 0 bridgehead atoms. The lowest BCUT2D eigenvalue weighted by atomic mass is 10.1. The number of sulfonamides is 1. The van der Waals surface area contributed by atoms with Crippen LogP contribution in [0.4, 0.5) is 5.69 Å². The predicted octanol–water partition coefficient (Wildman–Crippen LogP) is 5.83. The van der Waals surface area contributed by atoms with E-state index in [0.29, 0.717) is 21.3 Å². The van der Waals surface area contributed by atoms with Crippen molar-refractivity contribution in [3.05, 3.63) is 94.0 Å². The van der Waals surface area contributed by atoms with Crippen molar-refractivity contribution in [2.45, 2.75) is 57.6 Å². The quantitative estimate of drug-likeness (QED) is 0.305. The number of halogens is 2. The van der Waals surface area contributed by atoms with Crippen LogP contribution in [0, 0.1) is 6.92 Å². The summed E-state index contributed by atoms with van der Waals surface area (Å²) >= 11 is 12.3. The molecule has 1 N–H and O–H groups in total. The van der Waals surface area contributed by atoms with Gasteiger partial charge in [0.2, 0.25) is 11.8 Å². The maximum atomic E-state index is 13.9. The number of amides is 2. The van der Waals surface area contributed by atoms with Gasteiger partial charge in [0, 0.05) is 12.6 Å². The van der Waals surface area contributed by atoms with Crippen LogP contribution in [0.2, 0.25) is 10.0 Å². The minimum atomic E-state index is -4.11. The lowest BCUT2D eigenvalue weighted by molar-refractivity contribution is -0.139. The molecule has 3 aromatic carbocycles. The van der Waals surface area contributed by atoms with Crippen molar-refractivity contribution in [1.29, 1.82) is 0 Å². The number of hydrogen-bond acceptors (Lipinski definition) is 4. The molecule has 0 aromatic heterocycles. The summed E-state index contributed by atoms with van der Waals surface area (Å²) in [5.74, 6) is -0.889. The van der Waals surface area contributed by atoms with Crippen molar-refractivity contribution in [2.24, 2.45) is 0 Å². The molecule has 10 heteroatoms. The third-order valence-corrected chi connectivity index (χ3v) is 8.93. The summed E-state index contributed by atoms with van der Waals surface area (Å²) in [7, 11) is -4.11. The summed E-state index contributed by atoms with van der Waals surface area (Å²) in [6.07, 6.45) is 0.718. The van der Waals surface area contributed by atoms with Crippen molar-refractivity contribution in [1.82, 2.24) is 10.2 Å². The Bertz CT molecular complexity index is 1420. The van der Waals surface area contributed by atoms with E-state index in [1.54, 1.807) is 61.5 Å². The van der Waals surface area contributed by atoms with Crippen LogP contribution in [0.3, 0.4) is 0 Å². The number of hydrogen-bond donors (Lipinski definition) is 1. The third-order valence-electron chi connectivity index (χ3n) is 6.40. The number of nitrogens with one attached hydrogen (secondary N) is 1. The van der Waals surface area contributed by atoms with Gasteiger partial charge < -0.3 is 10.2 Å². The molecule has 0 aliphatic heterocycles. The van der Waals surface area contributed by atoms with Crippen molar-refractivity contribution in [2.75, 3.05) is 10.8 Å². The minimum absolute atomic E-state index is 0.0257. The monoisotopic (exact) mass is 589 g/mol. The van der Waals surface area contributed by atoms with Crippen LogP contribution < -0.4 is 9.62 Å². The maximum absolute atomic E-state index is 13.9. The molecule has 0 fully saturated rings. The second-order valence-electron chi connectivity index (χ2n) is 9.43. The van der Waals surface area contributed by atoms with Crippen molar-refractivity contribution in [3.63, 3.8) is 0 Å². The Morgan fingerprint density at radius 3 is 2.23 bits per heavy atom. The molecular formula is C29H33Cl2N3O4S. The summed E-state index contributed by atoms with van der Waals surface area (Å²) in [5, 5.41) is 3.58. The molecular weight excluding hydrogens is 557 g/mol. The van der Waals surface area contributed by atoms with E-state index >= 15 is 0 Å². The fourth-order valence-corrected chi connectivity index (χ4v) is 5.66. The highest BCUT2D eigenvalue weighted by atomic mass is 35.5. The Labute approximate surface area is 240 Å². The third kappa shape index (κ3) is 7.75. The zero-order valence-corrected chi connectivity index (χ0v) is 24.7. The van der Waals surface area contributed by atoms with E-state index in [1.165, 1.54) is 17.0 Å². The first-order valence-electron chi connectivity index (χ1n) is 12.6. The second-order valence-corrected chi connectivity index (χ2v) is 12.1. The van der Waals surface area contributed by atoms with Gasteiger partial charge in [0.05, 0.1) is 20.6 Å².